The zero-order valence-corrected chi connectivity index (χ0v) is 17.7. The normalized spacial score (nSPS) is 15.6. The van der Waals surface area contributed by atoms with Crippen LogP contribution in [0.15, 0.2) is 41.5 Å². The highest BCUT2D eigenvalue weighted by Crippen LogP contribution is 2.38. The summed E-state index contributed by atoms with van der Waals surface area (Å²) < 4.78 is 49.6. The number of ether oxygens (including phenoxy) is 2. The van der Waals surface area contributed by atoms with Crippen molar-refractivity contribution < 1.29 is 27.4 Å². The standard InChI is InChI=1S/C20H13Cl2F3N4O3/c1-10-5-11(21)6-12-15(8-30)32-19(27-17(10)12)14-7-16(31-9-20(23,24)25)28-29(14)18-13(22)3-2-4-26-18/h2-8,15H,9H2,1H3. The largest absolute Gasteiger partial charge is 0.467 e. The number of aldehydes is 1. The lowest BCUT2D eigenvalue weighted by Crippen LogP contribution is -2.21. The van der Waals surface area contributed by atoms with Crippen LogP contribution in [0.25, 0.3) is 5.82 Å². The Morgan fingerprint density at radius 3 is 2.75 bits per heavy atom. The molecule has 166 valence electrons. The summed E-state index contributed by atoms with van der Waals surface area (Å²) in [6.07, 6.45) is -3.61. The first-order valence-corrected chi connectivity index (χ1v) is 9.83. The average molecular weight is 485 g/mol. The van der Waals surface area contributed by atoms with Gasteiger partial charge in [0, 0.05) is 22.8 Å². The van der Waals surface area contributed by atoms with Gasteiger partial charge in [0.1, 0.15) is 5.69 Å². The zero-order valence-electron chi connectivity index (χ0n) is 16.2. The number of nitrogens with zero attached hydrogens (tertiary/aromatic N) is 4. The van der Waals surface area contributed by atoms with Crippen molar-refractivity contribution in [2.45, 2.75) is 19.2 Å². The Labute approximate surface area is 189 Å². The van der Waals surface area contributed by atoms with Gasteiger partial charge in [0.25, 0.3) is 0 Å². The topological polar surface area (TPSA) is 78.6 Å². The lowest BCUT2D eigenvalue weighted by atomic mass is 10.0. The molecule has 0 radical (unpaired) electrons. The molecule has 1 aromatic carbocycles. The van der Waals surface area contributed by atoms with Gasteiger partial charge >= 0.3 is 6.18 Å². The van der Waals surface area contributed by atoms with Gasteiger partial charge < -0.3 is 9.47 Å². The van der Waals surface area contributed by atoms with E-state index < -0.39 is 18.9 Å². The van der Waals surface area contributed by atoms with Crippen molar-refractivity contribution in [3.63, 3.8) is 0 Å². The number of pyridine rings is 1. The van der Waals surface area contributed by atoms with Crippen LogP contribution in [-0.4, -0.2) is 39.7 Å². The molecule has 7 nitrogen and oxygen atoms in total. The predicted molar refractivity (Wildman–Crippen MR) is 110 cm³/mol. The molecule has 2 aromatic heterocycles. The van der Waals surface area contributed by atoms with Gasteiger partial charge in [-0.2, -0.15) is 13.2 Å². The van der Waals surface area contributed by atoms with E-state index in [1.807, 2.05) is 0 Å². The van der Waals surface area contributed by atoms with Gasteiger partial charge in [-0.15, -0.1) is 5.10 Å². The number of carbonyl (C=O) groups is 1. The third-order valence-corrected chi connectivity index (χ3v) is 4.92. The monoisotopic (exact) mass is 484 g/mol. The second-order valence-electron chi connectivity index (χ2n) is 6.74. The summed E-state index contributed by atoms with van der Waals surface area (Å²) in [5, 5.41) is 4.62. The maximum atomic E-state index is 12.6. The molecule has 0 aliphatic carbocycles. The highest BCUT2D eigenvalue weighted by Gasteiger charge is 2.32. The Bertz CT molecular complexity index is 1230. The fourth-order valence-electron chi connectivity index (χ4n) is 3.09. The molecule has 0 saturated heterocycles. The summed E-state index contributed by atoms with van der Waals surface area (Å²) in [4.78, 5) is 20.3. The van der Waals surface area contributed by atoms with Crippen molar-refractivity contribution in [2.24, 2.45) is 4.99 Å². The highest BCUT2D eigenvalue weighted by atomic mass is 35.5. The Hall–Kier alpha value is -3.11. The van der Waals surface area contributed by atoms with Crippen LogP contribution in [-0.2, 0) is 9.53 Å². The molecule has 1 unspecified atom stereocenters. The van der Waals surface area contributed by atoms with Crippen LogP contribution in [0.1, 0.15) is 22.9 Å². The average Bonchev–Trinajstić information content (AvgIpc) is 3.15. The van der Waals surface area contributed by atoms with Crippen molar-refractivity contribution in [3.05, 3.63) is 63.4 Å². The van der Waals surface area contributed by atoms with Crippen LogP contribution in [0.4, 0.5) is 18.9 Å². The molecular weight excluding hydrogens is 472 g/mol. The maximum absolute atomic E-state index is 12.6. The third-order valence-electron chi connectivity index (χ3n) is 4.41. The van der Waals surface area contributed by atoms with E-state index in [2.05, 4.69) is 15.1 Å². The van der Waals surface area contributed by atoms with E-state index in [1.165, 1.54) is 18.3 Å². The molecule has 32 heavy (non-hydrogen) atoms. The third kappa shape index (κ3) is 4.42. The molecule has 1 aliphatic rings. The SMILES string of the molecule is Cc1cc(Cl)cc2c1N=C(c1cc(OCC(F)(F)F)nn1-c1ncccc1Cl)OC2C=O. The summed E-state index contributed by atoms with van der Waals surface area (Å²) in [5.41, 5.74) is 1.68. The summed E-state index contributed by atoms with van der Waals surface area (Å²) in [6.45, 7) is 0.202. The molecule has 3 aromatic rings. The van der Waals surface area contributed by atoms with E-state index >= 15 is 0 Å². The number of fused-ring (bicyclic) bond motifs is 1. The van der Waals surface area contributed by atoms with E-state index in [9.17, 15) is 18.0 Å². The molecule has 0 N–H and O–H groups in total. The first kappa shape index (κ1) is 22.1. The minimum absolute atomic E-state index is 0.0731. The zero-order chi connectivity index (χ0) is 23.0. The van der Waals surface area contributed by atoms with Crippen LogP contribution < -0.4 is 4.74 Å². The van der Waals surface area contributed by atoms with Crippen molar-refractivity contribution in [3.8, 4) is 11.7 Å². The molecule has 0 amide bonds. The van der Waals surface area contributed by atoms with E-state index in [-0.39, 0.29) is 28.3 Å². The van der Waals surface area contributed by atoms with Gasteiger partial charge in [0.05, 0.1) is 10.7 Å². The molecule has 0 saturated carbocycles. The number of alkyl halides is 3. The first-order chi connectivity index (χ1) is 15.2. The van der Waals surface area contributed by atoms with E-state index in [1.54, 1.807) is 25.1 Å². The summed E-state index contributed by atoms with van der Waals surface area (Å²) >= 11 is 12.3. The van der Waals surface area contributed by atoms with Crippen LogP contribution >= 0.6 is 23.2 Å². The smallest absolute Gasteiger partial charge is 0.422 e. The quantitative estimate of drug-likeness (QED) is 0.466. The highest BCUT2D eigenvalue weighted by molar-refractivity contribution is 6.32. The molecule has 0 fully saturated rings. The number of benzene rings is 1. The second-order valence-corrected chi connectivity index (χ2v) is 7.59. The van der Waals surface area contributed by atoms with Gasteiger partial charge in [-0.1, -0.05) is 23.2 Å². The van der Waals surface area contributed by atoms with Gasteiger partial charge in [-0.25, -0.2) is 14.7 Å². The van der Waals surface area contributed by atoms with Crippen molar-refractivity contribution >= 4 is 41.1 Å². The van der Waals surface area contributed by atoms with Crippen LogP contribution in [0.2, 0.25) is 10.0 Å². The number of halogens is 5. The van der Waals surface area contributed by atoms with Gasteiger partial charge in [0.2, 0.25) is 11.8 Å². The van der Waals surface area contributed by atoms with Crippen molar-refractivity contribution in [1.82, 2.24) is 14.8 Å². The molecule has 4 rings (SSSR count). The second kappa shape index (κ2) is 8.44. The number of aliphatic imine (C=N–C) groups is 1. The minimum Gasteiger partial charge on any atom is -0.467 e. The van der Waals surface area contributed by atoms with E-state index in [0.717, 1.165) is 4.68 Å². The number of rotatable bonds is 5. The number of hydrogen-bond donors (Lipinski definition) is 0. The van der Waals surface area contributed by atoms with Gasteiger partial charge in [-0.05, 0) is 36.8 Å². The minimum atomic E-state index is -4.57. The Morgan fingerprint density at radius 1 is 1.28 bits per heavy atom. The number of aryl methyl sites for hydroxylation is 1. The molecule has 0 bridgehead atoms. The number of carbonyl (C=O) groups excluding carboxylic acids is 1. The number of hydrogen-bond acceptors (Lipinski definition) is 6. The number of aromatic nitrogens is 3. The molecular formula is C20H13Cl2F3N4O3. The lowest BCUT2D eigenvalue weighted by Gasteiger charge is -2.23. The fourth-order valence-corrected chi connectivity index (χ4v) is 3.58. The van der Waals surface area contributed by atoms with Crippen LogP contribution in [0.5, 0.6) is 5.88 Å². The molecule has 0 spiro atoms. The Kier molecular flexibility index (Phi) is 5.83. The molecule has 1 aliphatic heterocycles. The predicted octanol–water partition coefficient (Wildman–Crippen LogP) is 5.17. The summed E-state index contributed by atoms with van der Waals surface area (Å²) in [6, 6.07) is 7.54. The Balaban J connectivity index is 1.86. The molecule has 1 atom stereocenters. The van der Waals surface area contributed by atoms with Gasteiger partial charge in [0.15, 0.2) is 24.8 Å². The Morgan fingerprint density at radius 2 is 2.06 bits per heavy atom. The van der Waals surface area contributed by atoms with Crippen LogP contribution in [0, 0.1) is 6.92 Å². The van der Waals surface area contributed by atoms with E-state index in [0.29, 0.717) is 28.1 Å². The summed E-state index contributed by atoms with van der Waals surface area (Å²) in [5.74, 6) is -0.318. The lowest BCUT2D eigenvalue weighted by molar-refractivity contribution is -0.154. The van der Waals surface area contributed by atoms with Gasteiger partial charge in [-0.3, -0.25) is 4.79 Å². The van der Waals surface area contributed by atoms with E-state index in [4.69, 9.17) is 32.7 Å². The maximum Gasteiger partial charge on any atom is 0.422 e. The summed E-state index contributed by atoms with van der Waals surface area (Å²) in [7, 11) is 0. The first-order valence-electron chi connectivity index (χ1n) is 9.08. The van der Waals surface area contributed by atoms with Crippen molar-refractivity contribution in [2.75, 3.05) is 6.61 Å². The molecule has 12 heteroatoms. The molecule has 3 heterocycles. The van der Waals surface area contributed by atoms with Crippen molar-refractivity contribution in [1.29, 1.82) is 0 Å². The van der Waals surface area contributed by atoms with Crippen LogP contribution in [0.3, 0.4) is 0 Å². The fraction of sp³-hybridized carbons (Fsp3) is 0.200.